The number of guanidine groups is 1. The fourth-order valence-electron chi connectivity index (χ4n) is 1.34. The van der Waals surface area contributed by atoms with E-state index in [0.29, 0.717) is 19.0 Å². The number of carbonyl (C=O) groups excluding carboxylic acids is 1. The van der Waals surface area contributed by atoms with E-state index in [1.807, 2.05) is 14.0 Å². The predicted octanol–water partition coefficient (Wildman–Crippen LogP) is -0.485. The van der Waals surface area contributed by atoms with Crippen LogP contribution in [0.5, 0.6) is 0 Å². The van der Waals surface area contributed by atoms with Crippen molar-refractivity contribution in [2.45, 2.75) is 13.5 Å². The van der Waals surface area contributed by atoms with Crippen LogP contribution >= 0.6 is 0 Å². The molecule has 1 aromatic rings. The third-order valence-electron chi connectivity index (χ3n) is 2.65. The largest absolute Gasteiger partial charge is 0.353 e. The molecule has 1 heterocycles. The number of nitrogens with zero attached hydrogens (tertiary/aromatic N) is 5. The summed E-state index contributed by atoms with van der Waals surface area (Å²) < 4.78 is 1.66. The van der Waals surface area contributed by atoms with Gasteiger partial charge in [-0.05, 0) is 6.92 Å². The molecule has 0 aliphatic carbocycles. The van der Waals surface area contributed by atoms with E-state index in [0.717, 1.165) is 11.4 Å². The quantitative estimate of drug-likeness (QED) is 0.420. The van der Waals surface area contributed by atoms with Crippen LogP contribution in [-0.4, -0.2) is 58.7 Å². The van der Waals surface area contributed by atoms with E-state index in [-0.39, 0.29) is 12.5 Å². The molecule has 1 rings (SSSR count). The second kappa shape index (κ2) is 8.03. The number of likely N-dealkylation sites (N-methyl/N-ethyl adjacent to an activating group) is 1. The first kappa shape index (κ1) is 16.7. The highest BCUT2D eigenvalue weighted by atomic mass is 16.2. The van der Waals surface area contributed by atoms with Gasteiger partial charge in [-0.25, -0.2) is 9.98 Å². The van der Waals surface area contributed by atoms with Gasteiger partial charge in [0, 0.05) is 27.7 Å². The van der Waals surface area contributed by atoms with Crippen molar-refractivity contribution in [2.24, 2.45) is 12.0 Å². The molecule has 0 unspecified atom stereocenters. The lowest BCUT2D eigenvalue weighted by Gasteiger charge is -2.14. The Morgan fingerprint density at radius 2 is 2.10 bits per heavy atom. The van der Waals surface area contributed by atoms with E-state index >= 15 is 0 Å². The summed E-state index contributed by atoms with van der Waals surface area (Å²) in [5.41, 5.74) is 0.974. The molecular formula is C13H23N7O. The third-order valence-corrected chi connectivity index (χ3v) is 2.65. The smallest absolute Gasteiger partial charge is 0.241 e. The van der Waals surface area contributed by atoms with Crippen LogP contribution in [0, 0.1) is 0 Å². The number of carbonyl (C=O) groups is 1. The zero-order chi connectivity index (χ0) is 15.8. The number of aliphatic imine (C=N–C) groups is 1. The van der Waals surface area contributed by atoms with Crippen LogP contribution in [0.4, 0.5) is 0 Å². The van der Waals surface area contributed by atoms with Gasteiger partial charge in [0.2, 0.25) is 5.91 Å². The van der Waals surface area contributed by atoms with Crippen molar-refractivity contribution in [1.29, 1.82) is 0 Å². The lowest BCUT2D eigenvalue weighted by atomic mass is 10.3. The van der Waals surface area contributed by atoms with Gasteiger partial charge < -0.3 is 15.5 Å². The average Bonchev–Trinajstić information content (AvgIpc) is 2.82. The number of rotatable bonds is 6. The first-order valence-electron chi connectivity index (χ1n) is 6.59. The fourth-order valence-corrected chi connectivity index (χ4v) is 1.34. The SMILES string of the molecule is C=C(C)CNC(=NCc1ncnn1C)NCC(=O)N(C)C. The molecule has 8 heteroatoms. The van der Waals surface area contributed by atoms with Gasteiger partial charge in [-0.1, -0.05) is 12.2 Å². The predicted molar refractivity (Wildman–Crippen MR) is 81.7 cm³/mol. The molecule has 0 fully saturated rings. The highest BCUT2D eigenvalue weighted by molar-refractivity contribution is 5.86. The third kappa shape index (κ3) is 6.07. The molecule has 8 nitrogen and oxygen atoms in total. The van der Waals surface area contributed by atoms with E-state index in [1.165, 1.54) is 11.2 Å². The van der Waals surface area contributed by atoms with Gasteiger partial charge in [-0.2, -0.15) is 5.10 Å². The topological polar surface area (TPSA) is 87.4 Å². The second-order valence-electron chi connectivity index (χ2n) is 4.92. The molecule has 116 valence electrons. The maximum atomic E-state index is 11.6. The van der Waals surface area contributed by atoms with E-state index in [1.54, 1.807) is 18.8 Å². The normalized spacial score (nSPS) is 11.1. The Kier molecular flexibility index (Phi) is 6.38. The summed E-state index contributed by atoms with van der Waals surface area (Å²) in [6, 6.07) is 0. The minimum atomic E-state index is -0.0292. The van der Waals surface area contributed by atoms with Crippen LogP contribution in [-0.2, 0) is 18.4 Å². The zero-order valence-electron chi connectivity index (χ0n) is 13.1. The van der Waals surface area contributed by atoms with Gasteiger partial charge in [0.15, 0.2) is 5.96 Å². The molecule has 0 saturated carbocycles. The molecule has 2 N–H and O–H groups in total. The lowest BCUT2D eigenvalue weighted by Crippen LogP contribution is -2.43. The van der Waals surface area contributed by atoms with Crippen molar-refractivity contribution < 1.29 is 4.79 Å². The lowest BCUT2D eigenvalue weighted by molar-refractivity contribution is -0.127. The molecule has 0 aliphatic heterocycles. The van der Waals surface area contributed by atoms with Crippen molar-refractivity contribution >= 4 is 11.9 Å². The van der Waals surface area contributed by atoms with Crippen LogP contribution in [0.1, 0.15) is 12.7 Å². The Morgan fingerprint density at radius 1 is 1.43 bits per heavy atom. The summed E-state index contributed by atoms with van der Waals surface area (Å²) in [4.78, 5) is 21.6. The first-order valence-corrected chi connectivity index (χ1v) is 6.59. The Labute approximate surface area is 124 Å². The van der Waals surface area contributed by atoms with E-state index in [4.69, 9.17) is 0 Å². The molecule has 0 bridgehead atoms. The zero-order valence-corrected chi connectivity index (χ0v) is 13.1. The van der Waals surface area contributed by atoms with Gasteiger partial charge >= 0.3 is 0 Å². The van der Waals surface area contributed by atoms with E-state index in [9.17, 15) is 4.79 Å². The van der Waals surface area contributed by atoms with Crippen LogP contribution < -0.4 is 10.6 Å². The molecule has 0 aromatic carbocycles. The molecule has 1 aromatic heterocycles. The Hall–Kier alpha value is -2.38. The standard InChI is InChI=1S/C13H23N7O/c1-10(2)6-14-13(16-8-12(21)19(3)4)15-7-11-17-9-18-20(11)5/h9H,1,6-8H2,2-5H3,(H2,14,15,16). The van der Waals surface area contributed by atoms with Gasteiger partial charge in [-0.15, -0.1) is 0 Å². The van der Waals surface area contributed by atoms with Crippen LogP contribution in [0.25, 0.3) is 0 Å². The Morgan fingerprint density at radius 3 is 2.62 bits per heavy atom. The molecule has 0 saturated heterocycles. The van der Waals surface area contributed by atoms with Crippen molar-refractivity contribution in [1.82, 2.24) is 30.3 Å². The number of aromatic nitrogens is 3. The Bertz CT molecular complexity index is 518. The molecule has 0 atom stereocenters. The minimum Gasteiger partial charge on any atom is -0.353 e. The van der Waals surface area contributed by atoms with E-state index < -0.39 is 0 Å². The van der Waals surface area contributed by atoms with Gasteiger partial charge in [0.1, 0.15) is 18.7 Å². The molecule has 0 aliphatic rings. The average molecular weight is 293 g/mol. The van der Waals surface area contributed by atoms with Crippen LogP contribution in [0.15, 0.2) is 23.5 Å². The maximum absolute atomic E-state index is 11.6. The minimum absolute atomic E-state index is 0.0292. The highest BCUT2D eigenvalue weighted by Gasteiger charge is 2.06. The van der Waals surface area contributed by atoms with Gasteiger partial charge in [0.05, 0.1) is 6.54 Å². The number of nitrogens with one attached hydrogen (secondary N) is 2. The summed E-state index contributed by atoms with van der Waals surface area (Å²) in [6.07, 6.45) is 1.48. The van der Waals surface area contributed by atoms with Crippen molar-refractivity contribution in [3.8, 4) is 0 Å². The number of hydrogen-bond acceptors (Lipinski definition) is 4. The number of hydrogen-bond donors (Lipinski definition) is 2. The van der Waals surface area contributed by atoms with Crippen molar-refractivity contribution in [3.05, 3.63) is 24.3 Å². The summed E-state index contributed by atoms with van der Waals surface area (Å²) in [5, 5.41) is 10.1. The Balaban J connectivity index is 2.64. The molecule has 1 amide bonds. The number of amides is 1. The monoisotopic (exact) mass is 293 g/mol. The van der Waals surface area contributed by atoms with Crippen molar-refractivity contribution in [2.75, 3.05) is 27.2 Å². The molecule has 0 radical (unpaired) electrons. The summed E-state index contributed by atoms with van der Waals surface area (Å²) in [5.74, 6) is 1.25. The van der Waals surface area contributed by atoms with E-state index in [2.05, 4.69) is 32.3 Å². The first-order chi connectivity index (χ1) is 9.90. The molecule has 21 heavy (non-hydrogen) atoms. The molecule has 0 spiro atoms. The highest BCUT2D eigenvalue weighted by Crippen LogP contribution is 1.93. The van der Waals surface area contributed by atoms with Crippen LogP contribution in [0.2, 0.25) is 0 Å². The van der Waals surface area contributed by atoms with Crippen LogP contribution in [0.3, 0.4) is 0 Å². The van der Waals surface area contributed by atoms with Crippen molar-refractivity contribution in [3.63, 3.8) is 0 Å². The number of aryl methyl sites for hydroxylation is 1. The van der Waals surface area contributed by atoms with Gasteiger partial charge in [-0.3, -0.25) is 9.48 Å². The summed E-state index contributed by atoms with van der Waals surface area (Å²) in [7, 11) is 5.23. The summed E-state index contributed by atoms with van der Waals surface area (Å²) in [6.45, 7) is 6.87. The second-order valence-corrected chi connectivity index (χ2v) is 4.92. The van der Waals surface area contributed by atoms with Gasteiger partial charge in [0.25, 0.3) is 0 Å². The fraction of sp³-hybridized carbons (Fsp3) is 0.538. The summed E-state index contributed by atoms with van der Waals surface area (Å²) >= 11 is 0. The molecular weight excluding hydrogens is 270 g/mol. The maximum Gasteiger partial charge on any atom is 0.241 e.